The van der Waals surface area contributed by atoms with E-state index in [4.69, 9.17) is 26.3 Å². The van der Waals surface area contributed by atoms with E-state index in [1.807, 2.05) is 0 Å². The Morgan fingerprint density at radius 3 is 2.71 bits per heavy atom. The van der Waals surface area contributed by atoms with Crippen molar-refractivity contribution in [3.63, 3.8) is 0 Å². The van der Waals surface area contributed by atoms with E-state index in [1.54, 1.807) is 47.4 Å². The van der Waals surface area contributed by atoms with Crippen LogP contribution in [-0.4, -0.2) is 72.5 Å². The Bertz CT molecular complexity index is 1220. The molecular weight excluding hydrogens is 510 g/mol. The topological polar surface area (TPSA) is 136 Å². The fourth-order valence-corrected chi connectivity index (χ4v) is 4.51. The molecule has 0 aromatic heterocycles. The Labute approximate surface area is 226 Å². The van der Waals surface area contributed by atoms with Gasteiger partial charge in [0, 0.05) is 38.5 Å². The Morgan fingerprint density at radius 1 is 1.21 bits per heavy atom. The van der Waals surface area contributed by atoms with Gasteiger partial charge >= 0.3 is 0 Å². The number of nitrogens with one attached hydrogen (secondary N) is 2. The molecule has 1 atom stereocenters. The van der Waals surface area contributed by atoms with Gasteiger partial charge in [-0.1, -0.05) is 23.7 Å². The molecule has 0 aliphatic carbocycles. The highest BCUT2D eigenvalue weighted by Gasteiger charge is 2.24. The maximum Gasteiger partial charge on any atom is 0.260 e. The van der Waals surface area contributed by atoms with Crippen molar-refractivity contribution in [2.45, 2.75) is 37.8 Å². The van der Waals surface area contributed by atoms with Crippen molar-refractivity contribution in [1.29, 1.82) is 5.26 Å². The normalized spacial score (nSPS) is 16.7. The molecule has 4 rings (SSSR count). The number of amides is 2. The maximum atomic E-state index is 12.7. The van der Waals surface area contributed by atoms with Gasteiger partial charge in [-0.3, -0.25) is 9.59 Å². The molecule has 10 nitrogen and oxygen atoms in total. The SMILES string of the molecule is N#Cc1ccccc1OCC(O)CNC1CCN(C(=O)COc2ccc(C3=NNC(=O)CC3)cc2Cl)CC1. The van der Waals surface area contributed by atoms with Gasteiger partial charge in [-0.05, 0) is 48.7 Å². The van der Waals surface area contributed by atoms with Crippen LogP contribution >= 0.6 is 11.6 Å². The van der Waals surface area contributed by atoms with Crippen molar-refractivity contribution in [2.24, 2.45) is 5.10 Å². The molecule has 3 N–H and O–H groups in total. The lowest BCUT2D eigenvalue weighted by atomic mass is 10.0. The summed E-state index contributed by atoms with van der Waals surface area (Å²) in [6, 6.07) is 14.4. The number of ether oxygens (including phenoxy) is 2. The van der Waals surface area contributed by atoms with Crippen LogP contribution in [0.2, 0.25) is 5.02 Å². The Balaban J connectivity index is 1.15. The monoisotopic (exact) mass is 539 g/mol. The Kier molecular flexibility index (Phi) is 9.54. The van der Waals surface area contributed by atoms with Gasteiger partial charge in [0.2, 0.25) is 5.91 Å². The number of benzene rings is 2. The van der Waals surface area contributed by atoms with E-state index in [0.29, 0.717) is 54.6 Å². The second-order valence-corrected chi connectivity index (χ2v) is 9.57. The summed E-state index contributed by atoms with van der Waals surface area (Å²) in [4.78, 5) is 25.7. The second-order valence-electron chi connectivity index (χ2n) is 9.16. The molecule has 2 heterocycles. The van der Waals surface area contributed by atoms with Gasteiger partial charge in [-0.2, -0.15) is 10.4 Å². The zero-order valence-electron chi connectivity index (χ0n) is 20.9. The highest BCUT2D eigenvalue weighted by Crippen LogP contribution is 2.27. The van der Waals surface area contributed by atoms with E-state index in [1.165, 1.54) is 0 Å². The van der Waals surface area contributed by atoms with Crippen LogP contribution in [0, 0.1) is 11.3 Å². The van der Waals surface area contributed by atoms with Crippen LogP contribution in [0.25, 0.3) is 0 Å². The molecule has 2 aliphatic rings. The van der Waals surface area contributed by atoms with Gasteiger partial charge in [-0.15, -0.1) is 0 Å². The van der Waals surface area contributed by atoms with E-state index >= 15 is 0 Å². The number of nitrogens with zero attached hydrogens (tertiary/aromatic N) is 3. The van der Waals surface area contributed by atoms with Gasteiger partial charge in [-0.25, -0.2) is 5.43 Å². The maximum absolute atomic E-state index is 12.7. The standard InChI is InChI=1S/C27H30ClN5O5/c28-22-13-18(23-6-8-26(35)32-31-23)5-7-25(22)38-17-27(36)33-11-9-20(10-12-33)30-15-21(34)16-37-24-4-2-1-3-19(24)14-29/h1-5,7,13,20-21,30,34H,6,8-12,15-17H2,(H,32,35). The number of aliphatic hydroxyl groups excluding tert-OH is 1. The summed E-state index contributed by atoms with van der Waals surface area (Å²) in [5.74, 6) is 0.635. The van der Waals surface area contributed by atoms with Crippen molar-refractivity contribution in [1.82, 2.24) is 15.6 Å². The fourth-order valence-electron chi connectivity index (χ4n) is 4.28. The van der Waals surface area contributed by atoms with Gasteiger partial charge in [0.25, 0.3) is 5.91 Å². The van der Waals surface area contributed by atoms with Crippen molar-refractivity contribution >= 4 is 29.1 Å². The third-order valence-electron chi connectivity index (χ3n) is 6.45. The van der Waals surface area contributed by atoms with Crippen molar-refractivity contribution in [3.8, 4) is 17.6 Å². The molecule has 0 radical (unpaired) electrons. The first-order valence-corrected chi connectivity index (χ1v) is 12.9. The smallest absolute Gasteiger partial charge is 0.260 e. The average Bonchev–Trinajstić information content (AvgIpc) is 2.95. The molecule has 2 aromatic rings. The summed E-state index contributed by atoms with van der Waals surface area (Å²) in [5.41, 5.74) is 4.44. The largest absolute Gasteiger partial charge is 0.489 e. The van der Waals surface area contributed by atoms with Crippen LogP contribution in [0.1, 0.15) is 36.8 Å². The van der Waals surface area contributed by atoms with Gasteiger partial charge in [0.1, 0.15) is 30.3 Å². The number of likely N-dealkylation sites (tertiary alicyclic amines) is 1. The summed E-state index contributed by atoms with van der Waals surface area (Å²) in [6.45, 7) is 1.48. The summed E-state index contributed by atoms with van der Waals surface area (Å²) in [7, 11) is 0. The lowest BCUT2D eigenvalue weighted by Crippen LogP contribution is -2.48. The van der Waals surface area contributed by atoms with Gasteiger partial charge in [0.05, 0.1) is 16.3 Å². The van der Waals surface area contributed by atoms with Gasteiger partial charge < -0.3 is 24.8 Å². The van der Waals surface area contributed by atoms with Crippen LogP contribution in [0.4, 0.5) is 0 Å². The molecule has 11 heteroatoms. The van der Waals surface area contributed by atoms with Crippen LogP contribution in [0.3, 0.4) is 0 Å². The van der Waals surface area contributed by atoms with Crippen molar-refractivity contribution in [3.05, 3.63) is 58.6 Å². The molecule has 2 amide bonds. The molecular formula is C27H30ClN5O5. The van der Waals surface area contributed by atoms with E-state index in [0.717, 1.165) is 24.1 Å². The van der Waals surface area contributed by atoms with E-state index < -0.39 is 6.10 Å². The summed E-state index contributed by atoms with van der Waals surface area (Å²) < 4.78 is 11.3. The van der Waals surface area contributed by atoms with Crippen LogP contribution in [0.15, 0.2) is 47.6 Å². The molecule has 200 valence electrons. The first-order chi connectivity index (χ1) is 18.4. The molecule has 0 saturated carbocycles. The molecule has 0 spiro atoms. The number of hydrogen-bond donors (Lipinski definition) is 3. The minimum Gasteiger partial charge on any atom is -0.489 e. The second kappa shape index (κ2) is 13.2. The zero-order valence-corrected chi connectivity index (χ0v) is 21.6. The third-order valence-corrected chi connectivity index (χ3v) is 6.74. The number of piperidine rings is 1. The minimum atomic E-state index is -0.727. The number of nitriles is 1. The molecule has 1 unspecified atom stereocenters. The quantitative estimate of drug-likeness (QED) is 0.421. The van der Waals surface area contributed by atoms with Crippen LogP contribution in [0.5, 0.6) is 11.5 Å². The first kappa shape index (κ1) is 27.4. The summed E-state index contributed by atoms with van der Waals surface area (Å²) in [5, 5.41) is 27.2. The zero-order chi connectivity index (χ0) is 26.9. The highest BCUT2D eigenvalue weighted by atomic mass is 35.5. The van der Waals surface area contributed by atoms with Crippen molar-refractivity contribution < 1.29 is 24.2 Å². The van der Waals surface area contributed by atoms with E-state index in [2.05, 4.69) is 21.9 Å². The highest BCUT2D eigenvalue weighted by molar-refractivity contribution is 6.32. The predicted molar refractivity (Wildman–Crippen MR) is 141 cm³/mol. The number of carbonyl (C=O) groups is 2. The van der Waals surface area contributed by atoms with E-state index in [9.17, 15) is 14.7 Å². The van der Waals surface area contributed by atoms with Crippen LogP contribution in [-0.2, 0) is 9.59 Å². The number of para-hydroxylation sites is 1. The molecule has 0 bridgehead atoms. The van der Waals surface area contributed by atoms with E-state index in [-0.39, 0.29) is 31.1 Å². The fraction of sp³-hybridized carbons (Fsp3) is 0.407. The first-order valence-electron chi connectivity index (χ1n) is 12.5. The molecule has 38 heavy (non-hydrogen) atoms. The molecule has 1 fully saturated rings. The number of carbonyl (C=O) groups excluding carboxylic acids is 2. The number of halogens is 1. The van der Waals surface area contributed by atoms with Crippen molar-refractivity contribution in [2.75, 3.05) is 32.8 Å². The number of aliphatic hydroxyl groups is 1. The molecule has 2 aliphatic heterocycles. The number of hydrogen-bond acceptors (Lipinski definition) is 8. The number of hydrazone groups is 1. The Morgan fingerprint density at radius 2 is 2.00 bits per heavy atom. The third kappa shape index (κ3) is 7.44. The average molecular weight is 540 g/mol. The summed E-state index contributed by atoms with van der Waals surface area (Å²) in [6.07, 6.45) is 1.70. The lowest BCUT2D eigenvalue weighted by Gasteiger charge is -2.33. The van der Waals surface area contributed by atoms with Gasteiger partial charge in [0.15, 0.2) is 6.61 Å². The molecule has 2 aromatic carbocycles. The predicted octanol–water partition coefficient (Wildman–Crippen LogP) is 2.23. The molecule has 1 saturated heterocycles. The lowest BCUT2D eigenvalue weighted by molar-refractivity contribution is -0.134. The minimum absolute atomic E-state index is 0.0780. The van der Waals surface area contributed by atoms with Crippen LogP contribution < -0.4 is 20.2 Å². The summed E-state index contributed by atoms with van der Waals surface area (Å²) >= 11 is 6.35. The number of rotatable bonds is 10. The Hall–Kier alpha value is -3.65.